The molecule has 0 atom stereocenters. The number of halogens is 5. The van der Waals surface area contributed by atoms with Crippen molar-refractivity contribution < 1.29 is 13.2 Å². The van der Waals surface area contributed by atoms with Crippen LogP contribution in [0.1, 0.15) is 24.1 Å². The molecule has 3 aromatic rings. The van der Waals surface area contributed by atoms with Gasteiger partial charge in [0.25, 0.3) is 0 Å². The van der Waals surface area contributed by atoms with Crippen LogP contribution in [0.4, 0.5) is 18.9 Å². The summed E-state index contributed by atoms with van der Waals surface area (Å²) in [7, 11) is 0. The molecule has 1 fully saturated rings. The van der Waals surface area contributed by atoms with Gasteiger partial charge in [0.1, 0.15) is 0 Å². The molecule has 1 N–H and O–H groups in total. The van der Waals surface area contributed by atoms with Gasteiger partial charge in [0.15, 0.2) is 10.1 Å². The minimum absolute atomic E-state index is 0. The van der Waals surface area contributed by atoms with Gasteiger partial charge in [-0.3, -0.25) is 9.30 Å². The molecule has 1 saturated heterocycles. The molecule has 11 heteroatoms. The standard InChI is InChI=1S/C21H25ClF3N5S.ClH/c22-19-18(30-12-13-31-20(30)27-19)15-26-6-1-2-7-28-8-10-29(11-9-28)17-5-3-4-16(14-17)21(23,24)25;/h3-5,12-14,26H,1-2,6-11,15H2;1H. The molecular weight excluding hydrogens is 482 g/mol. The van der Waals surface area contributed by atoms with E-state index in [9.17, 15) is 13.2 Å². The van der Waals surface area contributed by atoms with E-state index in [-0.39, 0.29) is 12.4 Å². The number of unbranched alkanes of at least 4 members (excludes halogenated alkanes) is 1. The summed E-state index contributed by atoms with van der Waals surface area (Å²) in [4.78, 5) is 9.66. The fraction of sp³-hybridized carbons (Fsp3) is 0.476. The van der Waals surface area contributed by atoms with Crippen LogP contribution in [0.2, 0.25) is 5.15 Å². The Morgan fingerprint density at radius 1 is 1.12 bits per heavy atom. The fourth-order valence-electron chi connectivity index (χ4n) is 3.87. The van der Waals surface area contributed by atoms with E-state index < -0.39 is 11.7 Å². The Morgan fingerprint density at radius 2 is 1.91 bits per heavy atom. The third-order valence-corrected chi connectivity index (χ3v) is 6.65. The number of hydrogen-bond donors (Lipinski definition) is 1. The number of alkyl halides is 3. The molecule has 0 radical (unpaired) electrons. The number of rotatable bonds is 8. The molecule has 1 aromatic carbocycles. The van der Waals surface area contributed by atoms with Crippen molar-refractivity contribution in [1.82, 2.24) is 19.6 Å². The molecule has 5 nitrogen and oxygen atoms in total. The van der Waals surface area contributed by atoms with Crippen LogP contribution in [0.3, 0.4) is 0 Å². The SMILES string of the molecule is Cl.FC(F)(F)c1cccc(N2CCN(CCCCNCc3c(Cl)nc4sccn34)CC2)c1. The number of aromatic nitrogens is 2. The first-order chi connectivity index (χ1) is 14.9. The Morgan fingerprint density at radius 3 is 2.66 bits per heavy atom. The van der Waals surface area contributed by atoms with Gasteiger partial charge in [-0.05, 0) is 44.1 Å². The highest BCUT2D eigenvalue weighted by molar-refractivity contribution is 7.15. The van der Waals surface area contributed by atoms with Gasteiger partial charge in [-0.2, -0.15) is 13.2 Å². The lowest BCUT2D eigenvalue weighted by Gasteiger charge is -2.36. The van der Waals surface area contributed by atoms with Crippen LogP contribution in [-0.2, 0) is 12.7 Å². The third-order valence-electron chi connectivity index (χ3n) is 5.59. The molecule has 0 saturated carbocycles. The number of nitrogens with zero attached hydrogens (tertiary/aromatic N) is 4. The first-order valence-corrected chi connectivity index (χ1v) is 11.6. The van der Waals surface area contributed by atoms with Crippen LogP contribution < -0.4 is 10.2 Å². The van der Waals surface area contributed by atoms with E-state index in [0.29, 0.717) is 17.4 Å². The predicted octanol–water partition coefficient (Wildman–Crippen LogP) is 5.18. The molecule has 4 rings (SSSR count). The van der Waals surface area contributed by atoms with E-state index in [2.05, 4.69) is 15.2 Å². The van der Waals surface area contributed by atoms with Crippen molar-refractivity contribution in [1.29, 1.82) is 0 Å². The summed E-state index contributed by atoms with van der Waals surface area (Å²) in [6, 6.07) is 5.61. The highest BCUT2D eigenvalue weighted by atomic mass is 35.5. The first kappa shape index (κ1) is 25.1. The third kappa shape index (κ3) is 6.08. The first-order valence-electron chi connectivity index (χ1n) is 10.4. The largest absolute Gasteiger partial charge is 0.416 e. The Balaban J connectivity index is 0.00000289. The number of imidazole rings is 1. The van der Waals surface area contributed by atoms with Crippen LogP contribution in [0.15, 0.2) is 35.8 Å². The second kappa shape index (κ2) is 11.1. The average molecular weight is 508 g/mol. The molecule has 32 heavy (non-hydrogen) atoms. The maximum absolute atomic E-state index is 12.9. The lowest BCUT2D eigenvalue weighted by Crippen LogP contribution is -2.46. The van der Waals surface area contributed by atoms with E-state index in [0.717, 1.165) is 68.8 Å². The van der Waals surface area contributed by atoms with Gasteiger partial charge in [0.05, 0.1) is 11.3 Å². The molecule has 0 aliphatic carbocycles. The minimum Gasteiger partial charge on any atom is -0.369 e. The zero-order valence-corrected chi connectivity index (χ0v) is 19.8. The highest BCUT2D eigenvalue weighted by Crippen LogP contribution is 2.31. The van der Waals surface area contributed by atoms with E-state index in [1.807, 2.05) is 20.9 Å². The topological polar surface area (TPSA) is 35.8 Å². The monoisotopic (exact) mass is 507 g/mol. The van der Waals surface area contributed by atoms with Crippen LogP contribution in [-0.4, -0.2) is 53.6 Å². The maximum Gasteiger partial charge on any atom is 0.416 e. The van der Waals surface area contributed by atoms with Gasteiger partial charge in [-0.25, -0.2) is 4.98 Å². The number of nitrogens with one attached hydrogen (secondary N) is 1. The summed E-state index contributed by atoms with van der Waals surface area (Å²) in [6.45, 7) is 5.81. The average Bonchev–Trinajstić information content (AvgIpc) is 3.32. The van der Waals surface area contributed by atoms with Crippen LogP contribution in [0.5, 0.6) is 0 Å². The van der Waals surface area contributed by atoms with Gasteiger partial charge in [0, 0.05) is 50.0 Å². The van der Waals surface area contributed by atoms with Gasteiger partial charge in [-0.15, -0.1) is 23.7 Å². The summed E-state index contributed by atoms with van der Waals surface area (Å²) in [5.74, 6) is 0. The lowest BCUT2D eigenvalue weighted by atomic mass is 10.1. The van der Waals surface area contributed by atoms with E-state index in [1.165, 1.54) is 12.1 Å². The molecule has 2 aromatic heterocycles. The number of fused-ring (bicyclic) bond motifs is 1. The maximum atomic E-state index is 12.9. The molecule has 0 unspecified atom stereocenters. The molecule has 0 bridgehead atoms. The van der Waals surface area contributed by atoms with Crippen LogP contribution in [0, 0.1) is 0 Å². The summed E-state index contributed by atoms with van der Waals surface area (Å²) in [6.07, 6.45) is -0.193. The molecule has 1 aliphatic rings. The second-order valence-electron chi connectivity index (χ2n) is 7.67. The number of piperazine rings is 1. The van der Waals surface area contributed by atoms with Gasteiger partial charge in [0.2, 0.25) is 0 Å². The van der Waals surface area contributed by atoms with Gasteiger partial charge < -0.3 is 10.2 Å². The molecular formula is C21H26Cl2F3N5S. The van der Waals surface area contributed by atoms with Crippen molar-refractivity contribution in [3.63, 3.8) is 0 Å². The lowest BCUT2D eigenvalue weighted by molar-refractivity contribution is -0.137. The van der Waals surface area contributed by atoms with Crippen molar-refractivity contribution in [2.24, 2.45) is 0 Å². The van der Waals surface area contributed by atoms with E-state index in [1.54, 1.807) is 17.4 Å². The molecule has 176 valence electrons. The van der Waals surface area contributed by atoms with E-state index in [4.69, 9.17) is 11.6 Å². The quantitative estimate of drug-likeness (QED) is 0.426. The Hall–Kier alpha value is -1.52. The van der Waals surface area contributed by atoms with Crippen molar-refractivity contribution in [3.05, 3.63) is 52.3 Å². The van der Waals surface area contributed by atoms with Crippen molar-refractivity contribution in [2.45, 2.75) is 25.6 Å². The van der Waals surface area contributed by atoms with Crippen molar-refractivity contribution in [3.8, 4) is 0 Å². The highest BCUT2D eigenvalue weighted by Gasteiger charge is 2.31. The summed E-state index contributed by atoms with van der Waals surface area (Å²) < 4.78 is 40.8. The molecule has 0 spiro atoms. The summed E-state index contributed by atoms with van der Waals surface area (Å²) in [5.41, 5.74) is 1.05. The van der Waals surface area contributed by atoms with Gasteiger partial charge in [-0.1, -0.05) is 17.7 Å². The number of hydrogen-bond acceptors (Lipinski definition) is 5. The Bertz CT molecular complexity index is 999. The molecule has 1 aliphatic heterocycles. The zero-order valence-electron chi connectivity index (χ0n) is 17.4. The zero-order chi connectivity index (χ0) is 21.8. The van der Waals surface area contributed by atoms with Crippen LogP contribution in [0.25, 0.3) is 4.96 Å². The Kier molecular flexibility index (Phi) is 8.68. The normalized spacial score (nSPS) is 15.3. The summed E-state index contributed by atoms with van der Waals surface area (Å²) in [5, 5.41) is 5.98. The van der Waals surface area contributed by atoms with Crippen molar-refractivity contribution >= 4 is 46.0 Å². The second-order valence-corrected chi connectivity index (χ2v) is 8.90. The smallest absolute Gasteiger partial charge is 0.369 e. The predicted molar refractivity (Wildman–Crippen MR) is 126 cm³/mol. The van der Waals surface area contributed by atoms with Gasteiger partial charge >= 0.3 is 6.18 Å². The van der Waals surface area contributed by atoms with Crippen LogP contribution >= 0.6 is 35.3 Å². The number of benzene rings is 1. The number of anilines is 1. The molecule has 0 amide bonds. The van der Waals surface area contributed by atoms with Crippen molar-refractivity contribution in [2.75, 3.05) is 44.2 Å². The summed E-state index contributed by atoms with van der Waals surface area (Å²) >= 11 is 7.77. The fourth-order valence-corrected chi connectivity index (χ4v) is 4.89. The molecule has 3 heterocycles. The Labute approximate surface area is 200 Å². The minimum atomic E-state index is -4.30. The van der Waals surface area contributed by atoms with E-state index >= 15 is 0 Å². The number of thiazole rings is 1.